The zero-order valence-electron chi connectivity index (χ0n) is 7.89. The molecule has 0 atom stereocenters. The second-order valence-corrected chi connectivity index (χ2v) is 3.96. The SMILES string of the molecule is CCC(=O)Nc1cc(C)c(CN)s1. The van der Waals surface area contributed by atoms with Crippen molar-refractivity contribution in [3.05, 3.63) is 16.5 Å². The highest BCUT2D eigenvalue weighted by molar-refractivity contribution is 7.16. The molecule has 0 radical (unpaired) electrons. The second-order valence-electron chi connectivity index (χ2n) is 2.82. The van der Waals surface area contributed by atoms with Crippen LogP contribution in [0, 0.1) is 6.92 Å². The Kier molecular flexibility index (Phi) is 3.45. The van der Waals surface area contributed by atoms with E-state index in [1.54, 1.807) is 11.3 Å². The summed E-state index contributed by atoms with van der Waals surface area (Å²) < 4.78 is 0. The third-order valence-corrected chi connectivity index (χ3v) is 2.96. The minimum atomic E-state index is 0.0461. The van der Waals surface area contributed by atoms with Crippen molar-refractivity contribution in [1.82, 2.24) is 0 Å². The Labute approximate surface area is 81.9 Å². The van der Waals surface area contributed by atoms with E-state index in [9.17, 15) is 4.79 Å². The number of nitrogens with two attached hydrogens (primary N) is 1. The largest absolute Gasteiger partial charge is 0.326 e. The van der Waals surface area contributed by atoms with E-state index in [1.165, 1.54) is 0 Å². The quantitative estimate of drug-likeness (QED) is 0.779. The van der Waals surface area contributed by atoms with Gasteiger partial charge in [-0.1, -0.05) is 6.92 Å². The van der Waals surface area contributed by atoms with Crippen molar-refractivity contribution in [3.8, 4) is 0 Å². The van der Waals surface area contributed by atoms with E-state index in [1.807, 2.05) is 19.9 Å². The molecule has 0 saturated carbocycles. The van der Waals surface area contributed by atoms with Crippen molar-refractivity contribution in [2.24, 2.45) is 5.73 Å². The Balaban J connectivity index is 2.73. The van der Waals surface area contributed by atoms with Crippen LogP contribution in [-0.2, 0) is 11.3 Å². The Morgan fingerprint density at radius 3 is 2.85 bits per heavy atom. The molecule has 13 heavy (non-hydrogen) atoms. The Bertz CT molecular complexity index is 307. The molecule has 3 N–H and O–H groups in total. The predicted octanol–water partition coefficient (Wildman–Crippen LogP) is 1.86. The van der Waals surface area contributed by atoms with Crippen molar-refractivity contribution in [1.29, 1.82) is 0 Å². The molecular formula is C9H14N2OS. The number of amides is 1. The van der Waals surface area contributed by atoms with Gasteiger partial charge in [-0.25, -0.2) is 0 Å². The first kappa shape index (κ1) is 10.2. The molecule has 4 heteroatoms. The normalized spacial score (nSPS) is 10.1. The van der Waals surface area contributed by atoms with Crippen molar-refractivity contribution in [2.45, 2.75) is 26.8 Å². The van der Waals surface area contributed by atoms with Crippen LogP contribution in [0.25, 0.3) is 0 Å². The Morgan fingerprint density at radius 1 is 1.69 bits per heavy atom. The lowest BCUT2D eigenvalue weighted by atomic mass is 10.3. The molecule has 1 heterocycles. The zero-order chi connectivity index (χ0) is 9.84. The summed E-state index contributed by atoms with van der Waals surface area (Å²) in [6, 6.07) is 1.96. The average molecular weight is 198 g/mol. The fourth-order valence-corrected chi connectivity index (χ4v) is 1.98. The fraction of sp³-hybridized carbons (Fsp3) is 0.444. The topological polar surface area (TPSA) is 55.1 Å². The van der Waals surface area contributed by atoms with E-state index in [0.717, 1.165) is 15.4 Å². The lowest BCUT2D eigenvalue weighted by molar-refractivity contribution is -0.115. The van der Waals surface area contributed by atoms with E-state index in [4.69, 9.17) is 5.73 Å². The van der Waals surface area contributed by atoms with Crippen LogP contribution < -0.4 is 11.1 Å². The van der Waals surface area contributed by atoms with Crippen molar-refractivity contribution < 1.29 is 4.79 Å². The minimum absolute atomic E-state index is 0.0461. The van der Waals surface area contributed by atoms with Gasteiger partial charge in [0.25, 0.3) is 0 Å². The maximum atomic E-state index is 11.1. The summed E-state index contributed by atoms with van der Waals surface area (Å²) in [7, 11) is 0. The first-order chi connectivity index (χ1) is 6.17. The molecule has 0 unspecified atom stereocenters. The van der Waals surface area contributed by atoms with Gasteiger partial charge >= 0.3 is 0 Å². The molecule has 1 aromatic rings. The van der Waals surface area contributed by atoms with Gasteiger partial charge in [0.05, 0.1) is 5.00 Å². The van der Waals surface area contributed by atoms with E-state index < -0.39 is 0 Å². The molecule has 0 aromatic carbocycles. The van der Waals surface area contributed by atoms with Crippen molar-refractivity contribution in [2.75, 3.05) is 5.32 Å². The molecule has 1 rings (SSSR count). The Morgan fingerprint density at radius 2 is 2.38 bits per heavy atom. The van der Waals surface area contributed by atoms with Crippen LogP contribution >= 0.6 is 11.3 Å². The number of hydrogen-bond acceptors (Lipinski definition) is 3. The summed E-state index contributed by atoms with van der Waals surface area (Å²) in [6.07, 6.45) is 0.509. The van der Waals surface area contributed by atoms with Crippen LogP contribution in [-0.4, -0.2) is 5.91 Å². The van der Waals surface area contributed by atoms with Gasteiger partial charge in [0.1, 0.15) is 0 Å². The van der Waals surface area contributed by atoms with Crippen molar-refractivity contribution in [3.63, 3.8) is 0 Å². The zero-order valence-corrected chi connectivity index (χ0v) is 8.70. The molecular weight excluding hydrogens is 184 g/mol. The molecule has 0 aliphatic rings. The molecule has 0 aliphatic heterocycles. The smallest absolute Gasteiger partial charge is 0.224 e. The number of hydrogen-bond donors (Lipinski definition) is 2. The molecule has 1 aromatic heterocycles. The summed E-state index contributed by atoms with van der Waals surface area (Å²) >= 11 is 1.55. The molecule has 0 aliphatic carbocycles. The van der Waals surface area contributed by atoms with Crippen LogP contribution in [0.15, 0.2) is 6.07 Å². The fourth-order valence-electron chi connectivity index (χ4n) is 1.01. The molecule has 72 valence electrons. The number of thiophene rings is 1. The highest BCUT2D eigenvalue weighted by Crippen LogP contribution is 2.25. The van der Waals surface area contributed by atoms with E-state index in [0.29, 0.717) is 13.0 Å². The number of carbonyl (C=O) groups is 1. The van der Waals surface area contributed by atoms with Crippen LogP contribution in [0.4, 0.5) is 5.00 Å². The molecule has 0 spiro atoms. The van der Waals surface area contributed by atoms with E-state index >= 15 is 0 Å². The van der Waals surface area contributed by atoms with Gasteiger partial charge in [-0.05, 0) is 18.6 Å². The van der Waals surface area contributed by atoms with Gasteiger partial charge in [-0.2, -0.15) is 0 Å². The highest BCUT2D eigenvalue weighted by atomic mass is 32.1. The molecule has 0 fully saturated rings. The number of carbonyl (C=O) groups excluding carboxylic acids is 1. The lowest BCUT2D eigenvalue weighted by Gasteiger charge is -1.97. The lowest BCUT2D eigenvalue weighted by Crippen LogP contribution is -2.07. The second kappa shape index (κ2) is 4.39. The third kappa shape index (κ3) is 2.54. The minimum Gasteiger partial charge on any atom is -0.326 e. The standard InChI is InChI=1S/C9H14N2OS/c1-3-8(12)11-9-4-6(2)7(5-10)13-9/h4H,3,5,10H2,1-2H3,(H,11,12). The summed E-state index contributed by atoms with van der Waals surface area (Å²) in [5.41, 5.74) is 6.68. The van der Waals surface area contributed by atoms with Crippen LogP contribution in [0.1, 0.15) is 23.8 Å². The predicted molar refractivity (Wildman–Crippen MR) is 55.9 cm³/mol. The van der Waals surface area contributed by atoms with Gasteiger partial charge in [0, 0.05) is 17.8 Å². The van der Waals surface area contributed by atoms with Gasteiger partial charge in [0.2, 0.25) is 5.91 Å². The molecule has 3 nitrogen and oxygen atoms in total. The maximum Gasteiger partial charge on any atom is 0.224 e. The van der Waals surface area contributed by atoms with Gasteiger partial charge < -0.3 is 11.1 Å². The molecule has 0 bridgehead atoms. The van der Waals surface area contributed by atoms with Gasteiger partial charge in [-0.15, -0.1) is 11.3 Å². The first-order valence-corrected chi connectivity index (χ1v) is 5.08. The maximum absolute atomic E-state index is 11.1. The average Bonchev–Trinajstić information content (AvgIpc) is 2.46. The molecule has 0 saturated heterocycles. The number of rotatable bonds is 3. The van der Waals surface area contributed by atoms with Crippen LogP contribution in [0.3, 0.4) is 0 Å². The first-order valence-electron chi connectivity index (χ1n) is 4.26. The highest BCUT2D eigenvalue weighted by Gasteiger charge is 2.05. The van der Waals surface area contributed by atoms with Gasteiger partial charge in [-0.3, -0.25) is 4.79 Å². The Hall–Kier alpha value is -0.870. The van der Waals surface area contributed by atoms with E-state index in [-0.39, 0.29) is 5.91 Å². The summed E-state index contributed by atoms with van der Waals surface area (Å²) in [5.74, 6) is 0.0461. The van der Waals surface area contributed by atoms with E-state index in [2.05, 4.69) is 5.32 Å². The summed E-state index contributed by atoms with van der Waals surface area (Å²) in [4.78, 5) is 12.2. The summed E-state index contributed by atoms with van der Waals surface area (Å²) in [6.45, 7) is 4.37. The van der Waals surface area contributed by atoms with Crippen LogP contribution in [0.2, 0.25) is 0 Å². The van der Waals surface area contributed by atoms with Crippen molar-refractivity contribution >= 4 is 22.2 Å². The monoisotopic (exact) mass is 198 g/mol. The number of aryl methyl sites for hydroxylation is 1. The third-order valence-electron chi connectivity index (χ3n) is 1.79. The molecule has 1 amide bonds. The number of nitrogens with one attached hydrogen (secondary N) is 1. The summed E-state index contributed by atoms with van der Waals surface area (Å²) in [5, 5.41) is 3.70. The van der Waals surface area contributed by atoms with Gasteiger partial charge in [0.15, 0.2) is 0 Å². The van der Waals surface area contributed by atoms with Crippen LogP contribution in [0.5, 0.6) is 0 Å². The number of anilines is 1.